The first-order chi connectivity index (χ1) is 5.20. The first-order valence-electron chi connectivity index (χ1n) is 4.09. The summed E-state index contributed by atoms with van der Waals surface area (Å²) in [6.07, 6.45) is 3.43. The van der Waals surface area contributed by atoms with Gasteiger partial charge in [0.05, 0.1) is 0 Å². The smallest absolute Gasteiger partial charge is 0.219 e. The molecule has 11 heavy (non-hydrogen) atoms. The van der Waals surface area contributed by atoms with Crippen molar-refractivity contribution in [1.82, 2.24) is 4.90 Å². The Morgan fingerprint density at radius 3 is 2.82 bits per heavy atom. The number of hydrogen-bond donors (Lipinski definition) is 0. The highest BCUT2D eigenvalue weighted by atomic mass is 79.9. The van der Waals surface area contributed by atoms with E-state index in [-0.39, 0.29) is 5.91 Å². The molecule has 0 radical (unpaired) electrons. The molecule has 3 heteroatoms. The molecular weight excluding hydrogens is 206 g/mol. The molecule has 1 unspecified atom stereocenters. The van der Waals surface area contributed by atoms with E-state index in [1.807, 2.05) is 4.90 Å². The predicted molar refractivity (Wildman–Crippen MR) is 48.8 cm³/mol. The number of carbonyl (C=O) groups is 1. The van der Waals surface area contributed by atoms with Gasteiger partial charge in [-0.05, 0) is 19.3 Å². The van der Waals surface area contributed by atoms with Crippen LogP contribution in [0.15, 0.2) is 0 Å². The van der Waals surface area contributed by atoms with Gasteiger partial charge in [-0.2, -0.15) is 0 Å². The Morgan fingerprint density at radius 1 is 1.45 bits per heavy atom. The number of hydrogen-bond acceptors (Lipinski definition) is 1. The fourth-order valence-corrected chi connectivity index (χ4v) is 1.90. The summed E-state index contributed by atoms with van der Waals surface area (Å²) in [6, 6.07) is 0. The fourth-order valence-electron chi connectivity index (χ4n) is 1.37. The minimum absolute atomic E-state index is 0.214. The Labute approximate surface area is 76.1 Å². The Kier molecular flexibility index (Phi) is 3.37. The summed E-state index contributed by atoms with van der Waals surface area (Å²) in [5, 5.41) is 0. The summed E-state index contributed by atoms with van der Waals surface area (Å²) < 4.78 is 0. The number of alkyl halides is 1. The van der Waals surface area contributed by atoms with Gasteiger partial charge in [0.25, 0.3) is 0 Å². The number of nitrogens with zero attached hydrogens (tertiary/aromatic N) is 1. The molecule has 0 aromatic rings. The van der Waals surface area contributed by atoms with Crippen molar-refractivity contribution in [3.8, 4) is 0 Å². The minimum Gasteiger partial charge on any atom is -0.343 e. The summed E-state index contributed by atoms with van der Waals surface area (Å²) in [4.78, 5) is 13.5. The number of amides is 1. The average Bonchev–Trinajstić information content (AvgIpc) is 2.13. The third-order valence-corrected chi connectivity index (χ3v) is 3.02. The van der Waals surface area contributed by atoms with Gasteiger partial charge in [0.1, 0.15) is 0 Å². The van der Waals surface area contributed by atoms with Crippen LogP contribution in [0.25, 0.3) is 0 Å². The van der Waals surface area contributed by atoms with Crippen LogP contribution < -0.4 is 0 Å². The minimum atomic E-state index is 0.214. The van der Waals surface area contributed by atoms with Crippen LogP contribution >= 0.6 is 15.9 Å². The normalized spacial score (nSPS) is 26.4. The summed E-state index contributed by atoms with van der Waals surface area (Å²) in [5.74, 6) is 0.214. The van der Waals surface area contributed by atoms with Crippen LogP contribution in [0.4, 0.5) is 0 Å². The molecule has 1 rings (SSSR count). The maximum Gasteiger partial charge on any atom is 0.219 e. The van der Waals surface area contributed by atoms with Crippen LogP contribution in [0, 0.1) is 0 Å². The van der Waals surface area contributed by atoms with E-state index in [1.54, 1.807) is 6.92 Å². The molecule has 0 aromatic heterocycles. The van der Waals surface area contributed by atoms with E-state index < -0.39 is 0 Å². The maximum absolute atomic E-state index is 11.0. The van der Waals surface area contributed by atoms with Crippen LogP contribution in [-0.4, -0.2) is 28.7 Å². The van der Waals surface area contributed by atoms with E-state index in [4.69, 9.17) is 0 Å². The molecule has 0 aliphatic carbocycles. The van der Waals surface area contributed by atoms with Gasteiger partial charge < -0.3 is 4.90 Å². The lowest BCUT2D eigenvalue weighted by atomic mass is 10.2. The molecular formula is C8H14BrNO. The summed E-state index contributed by atoms with van der Waals surface area (Å²) in [5.41, 5.74) is 0. The second kappa shape index (κ2) is 4.10. The molecule has 64 valence electrons. The van der Waals surface area contributed by atoms with Gasteiger partial charge in [-0.15, -0.1) is 0 Å². The van der Waals surface area contributed by atoms with Crippen LogP contribution in [-0.2, 0) is 4.79 Å². The van der Waals surface area contributed by atoms with Crippen LogP contribution in [0.1, 0.15) is 26.2 Å². The zero-order valence-electron chi connectivity index (χ0n) is 6.85. The van der Waals surface area contributed by atoms with Crippen molar-refractivity contribution in [1.29, 1.82) is 0 Å². The fraction of sp³-hybridized carbons (Fsp3) is 0.875. The SMILES string of the molecule is CC(=O)N1CCCC(Br)CC1. The van der Waals surface area contributed by atoms with Gasteiger partial charge in [-0.1, -0.05) is 15.9 Å². The molecule has 0 aromatic carbocycles. The first-order valence-corrected chi connectivity index (χ1v) is 5.01. The van der Waals surface area contributed by atoms with Gasteiger partial charge in [0, 0.05) is 24.8 Å². The Hall–Kier alpha value is -0.0500. The molecule has 1 aliphatic rings. The van der Waals surface area contributed by atoms with Gasteiger partial charge in [0.2, 0.25) is 5.91 Å². The van der Waals surface area contributed by atoms with E-state index >= 15 is 0 Å². The van der Waals surface area contributed by atoms with Crippen LogP contribution in [0.5, 0.6) is 0 Å². The molecule has 2 nitrogen and oxygen atoms in total. The van der Waals surface area contributed by atoms with E-state index in [0.29, 0.717) is 4.83 Å². The Balaban J connectivity index is 2.40. The molecule has 0 saturated carbocycles. The average molecular weight is 220 g/mol. The lowest BCUT2D eigenvalue weighted by molar-refractivity contribution is -0.128. The molecule has 1 saturated heterocycles. The molecule has 1 aliphatic heterocycles. The van der Waals surface area contributed by atoms with Gasteiger partial charge in [0.15, 0.2) is 0 Å². The molecule has 1 fully saturated rings. The predicted octanol–water partition coefficient (Wildman–Crippen LogP) is 1.78. The van der Waals surface area contributed by atoms with Crippen molar-refractivity contribution in [2.24, 2.45) is 0 Å². The highest BCUT2D eigenvalue weighted by Crippen LogP contribution is 2.17. The lowest BCUT2D eigenvalue weighted by Gasteiger charge is -2.17. The Morgan fingerprint density at radius 2 is 2.18 bits per heavy atom. The van der Waals surface area contributed by atoms with E-state index in [2.05, 4.69) is 15.9 Å². The van der Waals surface area contributed by atoms with Crippen molar-refractivity contribution in [3.63, 3.8) is 0 Å². The summed E-state index contributed by atoms with van der Waals surface area (Å²) >= 11 is 3.58. The second-order valence-electron chi connectivity index (χ2n) is 3.03. The number of carbonyl (C=O) groups excluding carboxylic acids is 1. The summed E-state index contributed by atoms with van der Waals surface area (Å²) in [6.45, 7) is 3.51. The number of likely N-dealkylation sites (tertiary alicyclic amines) is 1. The maximum atomic E-state index is 11.0. The highest BCUT2D eigenvalue weighted by Gasteiger charge is 2.15. The van der Waals surface area contributed by atoms with Gasteiger partial charge >= 0.3 is 0 Å². The Bertz CT molecular complexity index is 149. The second-order valence-corrected chi connectivity index (χ2v) is 4.33. The number of rotatable bonds is 0. The quantitative estimate of drug-likeness (QED) is 0.570. The van der Waals surface area contributed by atoms with Gasteiger partial charge in [-0.25, -0.2) is 0 Å². The lowest BCUT2D eigenvalue weighted by Crippen LogP contribution is -2.29. The monoisotopic (exact) mass is 219 g/mol. The molecule has 1 atom stereocenters. The van der Waals surface area contributed by atoms with Crippen LogP contribution in [0.3, 0.4) is 0 Å². The van der Waals surface area contributed by atoms with Crippen LogP contribution in [0.2, 0.25) is 0 Å². The molecule has 0 spiro atoms. The van der Waals surface area contributed by atoms with E-state index in [1.165, 1.54) is 6.42 Å². The van der Waals surface area contributed by atoms with Gasteiger partial charge in [-0.3, -0.25) is 4.79 Å². The first kappa shape index (κ1) is 9.04. The zero-order chi connectivity index (χ0) is 8.27. The highest BCUT2D eigenvalue weighted by molar-refractivity contribution is 9.09. The van der Waals surface area contributed by atoms with Crippen molar-refractivity contribution >= 4 is 21.8 Å². The van der Waals surface area contributed by atoms with Crippen molar-refractivity contribution < 1.29 is 4.79 Å². The topological polar surface area (TPSA) is 20.3 Å². The van der Waals surface area contributed by atoms with Crippen molar-refractivity contribution in [2.75, 3.05) is 13.1 Å². The summed E-state index contributed by atoms with van der Waals surface area (Å²) in [7, 11) is 0. The van der Waals surface area contributed by atoms with Crippen molar-refractivity contribution in [2.45, 2.75) is 31.0 Å². The molecule has 1 amide bonds. The number of halogens is 1. The van der Waals surface area contributed by atoms with Crippen molar-refractivity contribution in [3.05, 3.63) is 0 Å². The largest absolute Gasteiger partial charge is 0.343 e. The van der Waals surface area contributed by atoms with E-state index in [9.17, 15) is 4.79 Å². The zero-order valence-corrected chi connectivity index (χ0v) is 8.43. The third kappa shape index (κ3) is 2.81. The molecule has 1 heterocycles. The third-order valence-electron chi connectivity index (χ3n) is 2.10. The molecule has 0 bridgehead atoms. The molecule has 0 N–H and O–H groups in total. The van der Waals surface area contributed by atoms with E-state index in [0.717, 1.165) is 25.9 Å². The standard InChI is InChI=1S/C8H14BrNO/c1-7(11)10-5-2-3-8(9)4-6-10/h8H,2-6H2,1H3.